The minimum absolute atomic E-state index is 0.397. The Balaban J connectivity index is 1.74. The van der Waals surface area contributed by atoms with Crippen LogP contribution in [0.25, 0.3) is 0 Å². The van der Waals surface area contributed by atoms with Gasteiger partial charge in [0.2, 0.25) is 4.77 Å². The normalized spacial score (nSPS) is 11.0. The molecule has 0 fully saturated rings. The molecule has 1 heterocycles. The van der Waals surface area contributed by atoms with Crippen molar-refractivity contribution in [1.29, 1.82) is 0 Å². The van der Waals surface area contributed by atoms with Gasteiger partial charge in [-0.05, 0) is 53.7 Å². The van der Waals surface area contributed by atoms with Gasteiger partial charge in [0.15, 0.2) is 11.5 Å². The number of ether oxygens (including phenoxy) is 2. The highest BCUT2D eigenvalue weighted by Crippen LogP contribution is 2.28. The zero-order chi connectivity index (χ0) is 17.6. The summed E-state index contributed by atoms with van der Waals surface area (Å²) >= 11 is 11.0. The Bertz CT molecular complexity index is 952. The third-order valence-corrected chi connectivity index (χ3v) is 3.85. The number of hydrogen-bond acceptors (Lipinski definition) is 5. The molecule has 1 aromatic heterocycles. The van der Waals surface area contributed by atoms with Gasteiger partial charge in [0, 0.05) is 5.02 Å². The van der Waals surface area contributed by atoms with E-state index < -0.39 is 0 Å². The van der Waals surface area contributed by atoms with Crippen LogP contribution in [0.5, 0.6) is 11.5 Å². The summed E-state index contributed by atoms with van der Waals surface area (Å²) in [5, 5.41) is 11.3. The molecule has 3 rings (SSSR count). The highest BCUT2D eigenvalue weighted by molar-refractivity contribution is 7.71. The lowest BCUT2D eigenvalue weighted by Crippen LogP contribution is -1.98. The van der Waals surface area contributed by atoms with E-state index in [2.05, 4.69) is 15.3 Å². The molecule has 0 saturated carbocycles. The molecule has 0 spiro atoms. The molecular weight excluding hydrogens is 360 g/mol. The van der Waals surface area contributed by atoms with Gasteiger partial charge in [-0.25, -0.2) is 0 Å². The van der Waals surface area contributed by atoms with Gasteiger partial charge in [-0.1, -0.05) is 23.7 Å². The van der Waals surface area contributed by atoms with E-state index in [9.17, 15) is 0 Å². The number of methoxy groups -OCH3 is 1. The monoisotopic (exact) mass is 374 g/mol. The van der Waals surface area contributed by atoms with E-state index >= 15 is 0 Å². The molecule has 8 heteroatoms. The maximum Gasteiger partial charge on any atom is 0.216 e. The van der Waals surface area contributed by atoms with E-state index in [4.69, 9.17) is 33.3 Å². The maximum absolute atomic E-state index is 5.98. The van der Waals surface area contributed by atoms with Crippen LogP contribution in [-0.4, -0.2) is 28.2 Å². The molecule has 25 heavy (non-hydrogen) atoms. The number of nitrogens with one attached hydrogen (secondary N) is 1. The van der Waals surface area contributed by atoms with Gasteiger partial charge in [0.1, 0.15) is 12.9 Å². The molecule has 2 aromatic carbocycles. The largest absolute Gasteiger partial charge is 0.493 e. The molecule has 0 radical (unpaired) electrons. The first-order valence-electron chi connectivity index (χ1n) is 7.37. The predicted molar refractivity (Wildman–Crippen MR) is 99.2 cm³/mol. The van der Waals surface area contributed by atoms with Crippen LogP contribution >= 0.6 is 23.8 Å². The van der Waals surface area contributed by atoms with E-state index in [0.717, 1.165) is 11.1 Å². The second-order valence-corrected chi connectivity index (χ2v) is 5.90. The average molecular weight is 375 g/mol. The van der Waals surface area contributed by atoms with Crippen molar-refractivity contribution < 1.29 is 9.47 Å². The average Bonchev–Trinajstić information content (AvgIpc) is 3.03. The van der Waals surface area contributed by atoms with Gasteiger partial charge in [-0.15, -0.1) is 0 Å². The van der Waals surface area contributed by atoms with Crippen LogP contribution in [-0.2, 0) is 6.61 Å². The Labute approximate surface area is 154 Å². The minimum atomic E-state index is 0.397. The number of H-pyrrole nitrogens is 1. The highest BCUT2D eigenvalue weighted by atomic mass is 35.5. The fraction of sp³-hybridized carbons (Fsp3) is 0.118. The van der Waals surface area contributed by atoms with Crippen molar-refractivity contribution in [2.45, 2.75) is 6.61 Å². The van der Waals surface area contributed by atoms with Gasteiger partial charge in [0.25, 0.3) is 0 Å². The first-order valence-corrected chi connectivity index (χ1v) is 8.16. The lowest BCUT2D eigenvalue weighted by Gasteiger charge is -2.11. The van der Waals surface area contributed by atoms with E-state index in [1.165, 1.54) is 11.0 Å². The molecule has 6 nitrogen and oxygen atoms in total. The van der Waals surface area contributed by atoms with E-state index in [-0.39, 0.29) is 0 Å². The number of aromatic amines is 1. The molecule has 0 aliphatic rings. The van der Waals surface area contributed by atoms with Crippen LogP contribution in [0.3, 0.4) is 0 Å². The Hall–Kier alpha value is -2.64. The maximum atomic E-state index is 5.98. The topological polar surface area (TPSA) is 64.4 Å². The molecular formula is C17H15ClN4O2S. The zero-order valence-electron chi connectivity index (χ0n) is 13.3. The van der Waals surface area contributed by atoms with Crippen molar-refractivity contribution in [3.63, 3.8) is 0 Å². The first-order chi connectivity index (χ1) is 12.2. The number of rotatable bonds is 6. The fourth-order valence-electron chi connectivity index (χ4n) is 2.13. The van der Waals surface area contributed by atoms with Crippen molar-refractivity contribution in [1.82, 2.24) is 14.9 Å². The number of aromatic nitrogens is 3. The summed E-state index contributed by atoms with van der Waals surface area (Å²) in [5.41, 5.74) is 1.82. The Morgan fingerprint density at radius 3 is 2.88 bits per heavy atom. The molecule has 0 aliphatic carbocycles. The molecule has 0 atom stereocenters. The van der Waals surface area contributed by atoms with Crippen LogP contribution < -0.4 is 9.47 Å². The summed E-state index contributed by atoms with van der Waals surface area (Å²) in [6.45, 7) is 0.397. The molecule has 128 valence electrons. The van der Waals surface area contributed by atoms with Gasteiger partial charge >= 0.3 is 0 Å². The third kappa shape index (κ3) is 4.46. The Kier molecular flexibility index (Phi) is 5.47. The van der Waals surface area contributed by atoms with Gasteiger partial charge in [-0.3, -0.25) is 5.10 Å². The number of hydrogen-bond donors (Lipinski definition) is 1. The van der Waals surface area contributed by atoms with Crippen LogP contribution in [0.15, 0.2) is 53.9 Å². The second-order valence-electron chi connectivity index (χ2n) is 5.08. The standard InChI is InChI=1S/C17H15ClN4O2S/c1-23-16-8-12(9-20-22-11-19-21-17(22)25)5-6-15(16)24-10-13-3-2-4-14(18)7-13/h2-9,11H,10H2,1H3,(H,21,25)/b20-9-. The Morgan fingerprint density at radius 2 is 2.16 bits per heavy atom. The summed E-state index contributed by atoms with van der Waals surface area (Å²) < 4.78 is 13.1. The summed E-state index contributed by atoms with van der Waals surface area (Å²) in [7, 11) is 1.59. The van der Waals surface area contributed by atoms with Gasteiger partial charge < -0.3 is 9.47 Å². The molecule has 0 unspecified atom stereocenters. The number of halogens is 1. The second kappa shape index (κ2) is 7.96. The molecule has 0 amide bonds. The number of benzene rings is 2. The van der Waals surface area contributed by atoms with Gasteiger partial charge in [-0.2, -0.15) is 14.9 Å². The third-order valence-electron chi connectivity index (χ3n) is 3.34. The molecule has 0 aliphatic heterocycles. The van der Waals surface area contributed by atoms with Crippen LogP contribution in [0.4, 0.5) is 0 Å². The van der Waals surface area contributed by atoms with Crippen molar-refractivity contribution in [3.8, 4) is 11.5 Å². The Morgan fingerprint density at radius 1 is 1.28 bits per heavy atom. The molecule has 3 aromatic rings. The fourth-order valence-corrected chi connectivity index (χ4v) is 2.48. The van der Waals surface area contributed by atoms with Crippen molar-refractivity contribution in [3.05, 3.63) is 69.7 Å². The molecule has 0 bridgehead atoms. The SMILES string of the molecule is COc1cc(/C=N\n2cn[nH]c2=S)ccc1OCc1cccc(Cl)c1. The van der Waals surface area contributed by atoms with E-state index in [0.29, 0.717) is 27.9 Å². The summed E-state index contributed by atoms with van der Waals surface area (Å²) in [6.07, 6.45) is 3.16. The smallest absolute Gasteiger partial charge is 0.216 e. The molecule has 0 saturated heterocycles. The zero-order valence-corrected chi connectivity index (χ0v) is 14.9. The van der Waals surface area contributed by atoms with Crippen LogP contribution in [0.2, 0.25) is 5.02 Å². The summed E-state index contributed by atoms with van der Waals surface area (Å²) in [4.78, 5) is 0. The minimum Gasteiger partial charge on any atom is -0.493 e. The van der Waals surface area contributed by atoms with Crippen molar-refractivity contribution >= 4 is 30.0 Å². The first kappa shape index (κ1) is 17.2. The quantitative estimate of drug-likeness (QED) is 0.522. The summed E-state index contributed by atoms with van der Waals surface area (Å²) in [6, 6.07) is 13.1. The van der Waals surface area contributed by atoms with E-state index in [1.54, 1.807) is 13.3 Å². The van der Waals surface area contributed by atoms with Crippen LogP contribution in [0.1, 0.15) is 11.1 Å². The summed E-state index contributed by atoms with van der Waals surface area (Å²) in [5.74, 6) is 1.25. The van der Waals surface area contributed by atoms with Crippen molar-refractivity contribution in [2.24, 2.45) is 5.10 Å². The van der Waals surface area contributed by atoms with E-state index in [1.807, 2.05) is 42.5 Å². The lowest BCUT2D eigenvalue weighted by atomic mass is 10.2. The lowest BCUT2D eigenvalue weighted by molar-refractivity contribution is 0.284. The predicted octanol–water partition coefficient (Wildman–Crippen LogP) is 4.06. The molecule has 1 N–H and O–H groups in total. The van der Waals surface area contributed by atoms with Gasteiger partial charge in [0.05, 0.1) is 13.3 Å². The number of nitrogens with zero attached hydrogens (tertiary/aromatic N) is 3. The highest BCUT2D eigenvalue weighted by Gasteiger charge is 2.06. The van der Waals surface area contributed by atoms with Crippen LogP contribution in [0, 0.1) is 4.77 Å². The van der Waals surface area contributed by atoms with Crippen molar-refractivity contribution in [2.75, 3.05) is 7.11 Å².